The molecule has 0 bridgehead atoms. The van der Waals surface area contributed by atoms with Crippen molar-refractivity contribution in [2.75, 3.05) is 0 Å². The number of aryl methyl sites for hydroxylation is 3. The first-order valence-corrected chi connectivity index (χ1v) is 13.3. The van der Waals surface area contributed by atoms with Gasteiger partial charge in [-0.1, -0.05) is 60.2 Å². The highest BCUT2D eigenvalue weighted by Crippen LogP contribution is 2.33. The van der Waals surface area contributed by atoms with E-state index in [2.05, 4.69) is 0 Å². The molecule has 0 aliphatic rings. The molecule has 3 aromatic carbocycles. The van der Waals surface area contributed by atoms with E-state index in [0.29, 0.717) is 22.3 Å². The van der Waals surface area contributed by atoms with Crippen LogP contribution in [0.15, 0.2) is 82.1 Å². The smallest absolute Gasteiger partial charge is 0.449 e. The largest absolute Gasteiger partial charge is 0.455 e. The summed E-state index contributed by atoms with van der Waals surface area (Å²) in [7, 11) is -4.12. The molecule has 0 fully saturated rings. The minimum absolute atomic E-state index is 0.0953. The van der Waals surface area contributed by atoms with E-state index in [1.54, 1.807) is 68.4 Å². The van der Waals surface area contributed by atoms with Crippen LogP contribution in [-0.2, 0) is 36.0 Å². The third kappa shape index (κ3) is 6.00. The Bertz CT molecular complexity index is 1520. The van der Waals surface area contributed by atoms with Crippen molar-refractivity contribution in [1.29, 1.82) is 0 Å². The molecule has 0 saturated carbocycles. The maximum absolute atomic E-state index is 13.9. The van der Waals surface area contributed by atoms with Crippen molar-refractivity contribution >= 4 is 10.0 Å². The Kier molecular flexibility index (Phi) is 7.80. The summed E-state index contributed by atoms with van der Waals surface area (Å²) < 4.78 is 86.2. The van der Waals surface area contributed by atoms with Gasteiger partial charge in [-0.3, -0.25) is 0 Å². The van der Waals surface area contributed by atoms with Crippen molar-refractivity contribution in [2.24, 2.45) is 0 Å². The van der Waals surface area contributed by atoms with Gasteiger partial charge in [0.15, 0.2) is 0 Å². The lowest BCUT2D eigenvalue weighted by Crippen LogP contribution is -2.31. The van der Waals surface area contributed by atoms with E-state index in [9.17, 15) is 26.0 Å². The standard InChI is InChI=1S/C29H27F4NO3S/c1-19-13-20(2)28(21(3)14-19)38(35,36)34(18-26-11-12-27(37-26)29(31,32)33)17-22-7-9-24(10-8-22)25-6-4-5-23(15-25)16-30/h4-15H,16-18H2,1-3H3. The first-order chi connectivity index (χ1) is 17.9. The van der Waals surface area contributed by atoms with Crippen LogP contribution in [0.4, 0.5) is 17.6 Å². The average molecular weight is 546 g/mol. The zero-order valence-electron chi connectivity index (χ0n) is 21.1. The van der Waals surface area contributed by atoms with Gasteiger partial charge in [0.2, 0.25) is 15.8 Å². The SMILES string of the molecule is Cc1cc(C)c(S(=O)(=O)N(Cc2ccc(-c3cccc(CF)c3)cc2)Cc2ccc(C(F)(F)F)o2)c(C)c1. The van der Waals surface area contributed by atoms with Crippen LogP contribution >= 0.6 is 0 Å². The number of hydrogen-bond acceptors (Lipinski definition) is 3. The second-order valence-electron chi connectivity index (χ2n) is 9.30. The van der Waals surface area contributed by atoms with E-state index >= 15 is 0 Å². The van der Waals surface area contributed by atoms with Crippen molar-refractivity contribution in [3.05, 3.63) is 112 Å². The summed E-state index contributed by atoms with van der Waals surface area (Å²) in [6, 6.07) is 19.6. The van der Waals surface area contributed by atoms with Gasteiger partial charge >= 0.3 is 6.18 Å². The number of halogens is 4. The van der Waals surface area contributed by atoms with Crippen LogP contribution in [0.3, 0.4) is 0 Å². The fraction of sp³-hybridized carbons (Fsp3) is 0.241. The van der Waals surface area contributed by atoms with Gasteiger partial charge in [-0.15, -0.1) is 0 Å². The molecular weight excluding hydrogens is 518 g/mol. The highest BCUT2D eigenvalue weighted by molar-refractivity contribution is 7.89. The van der Waals surface area contributed by atoms with E-state index < -0.39 is 28.6 Å². The third-order valence-corrected chi connectivity index (χ3v) is 8.30. The molecule has 0 amide bonds. The Morgan fingerprint density at radius 3 is 2.03 bits per heavy atom. The molecule has 0 aliphatic heterocycles. The Hall–Kier alpha value is -3.43. The van der Waals surface area contributed by atoms with E-state index in [0.717, 1.165) is 33.1 Å². The predicted molar refractivity (Wildman–Crippen MR) is 137 cm³/mol. The topological polar surface area (TPSA) is 50.5 Å². The van der Waals surface area contributed by atoms with Crippen LogP contribution in [-0.4, -0.2) is 12.7 Å². The molecule has 0 unspecified atom stereocenters. The highest BCUT2D eigenvalue weighted by Gasteiger charge is 2.36. The van der Waals surface area contributed by atoms with Gasteiger partial charge in [0, 0.05) is 6.54 Å². The quantitative estimate of drug-likeness (QED) is 0.213. The average Bonchev–Trinajstić information content (AvgIpc) is 3.33. The maximum atomic E-state index is 13.9. The summed E-state index contributed by atoms with van der Waals surface area (Å²) in [5, 5.41) is 0. The Balaban J connectivity index is 1.70. The Labute approximate surface area is 219 Å². The second-order valence-corrected chi connectivity index (χ2v) is 11.2. The summed E-state index contributed by atoms with van der Waals surface area (Å²) >= 11 is 0. The third-order valence-electron chi connectivity index (χ3n) is 6.20. The summed E-state index contributed by atoms with van der Waals surface area (Å²) in [5.41, 5.74) is 4.81. The first-order valence-electron chi connectivity index (χ1n) is 11.9. The van der Waals surface area contributed by atoms with Gasteiger partial charge in [0.25, 0.3) is 0 Å². The number of sulfonamides is 1. The predicted octanol–water partition coefficient (Wildman–Crippen LogP) is 7.75. The summed E-state index contributed by atoms with van der Waals surface area (Å²) in [4.78, 5) is 0.116. The molecule has 0 spiro atoms. The van der Waals surface area contributed by atoms with Crippen LogP contribution in [0.2, 0.25) is 0 Å². The highest BCUT2D eigenvalue weighted by atomic mass is 32.2. The molecule has 4 aromatic rings. The van der Waals surface area contributed by atoms with Crippen molar-refractivity contribution < 1.29 is 30.4 Å². The molecule has 0 saturated heterocycles. The van der Waals surface area contributed by atoms with E-state index in [4.69, 9.17) is 4.42 Å². The molecule has 0 N–H and O–H groups in total. The molecular formula is C29H27F4NO3S. The molecule has 200 valence electrons. The minimum Gasteiger partial charge on any atom is -0.455 e. The molecule has 0 aliphatic carbocycles. The molecule has 0 radical (unpaired) electrons. The zero-order chi connectivity index (χ0) is 27.7. The van der Waals surface area contributed by atoms with Crippen molar-refractivity contribution in [2.45, 2.75) is 51.6 Å². The van der Waals surface area contributed by atoms with Crippen molar-refractivity contribution in [3.63, 3.8) is 0 Å². The molecule has 4 rings (SSSR count). The van der Waals surface area contributed by atoms with Gasteiger partial charge in [-0.2, -0.15) is 17.5 Å². The van der Waals surface area contributed by atoms with Crippen LogP contribution in [0.25, 0.3) is 11.1 Å². The maximum Gasteiger partial charge on any atom is 0.449 e. The number of furan rings is 1. The molecule has 1 aromatic heterocycles. The van der Waals surface area contributed by atoms with Gasteiger partial charge in [0.05, 0.1) is 11.4 Å². The Morgan fingerprint density at radius 1 is 0.789 bits per heavy atom. The fourth-order valence-corrected chi connectivity index (χ4v) is 6.36. The summed E-state index contributed by atoms with van der Waals surface area (Å²) in [6.07, 6.45) is -4.68. The lowest BCUT2D eigenvalue weighted by Gasteiger charge is -2.24. The summed E-state index contributed by atoms with van der Waals surface area (Å²) in [6.45, 7) is 4.19. The lowest BCUT2D eigenvalue weighted by molar-refractivity contribution is -0.153. The molecule has 4 nitrogen and oxygen atoms in total. The van der Waals surface area contributed by atoms with E-state index in [-0.39, 0.29) is 23.7 Å². The lowest BCUT2D eigenvalue weighted by atomic mass is 10.0. The van der Waals surface area contributed by atoms with Crippen molar-refractivity contribution in [1.82, 2.24) is 4.31 Å². The number of rotatable bonds is 8. The van der Waals surface area contributed by atoms with Gasteiger partial charge in [-0.25, -0.2) is 12.8 Å². The fourth-order valence-electron chi connectivity index (χ4n) is 4.56. The molecule has 38 heavy (non-hydrogen) atoms. The number of benzene rings is 3. The van der Waals surface area contributed by atoms with Crippen LogP contribution < -0.4 is 0 Å². The normalized spacial score (nSPS) is 12.3. The Morgan fingerprint density at radius 2 is 1.45 bits per heavy atom. The summed E-state index contributed by atoms with van der Waals surface area (Å²) in [5.74, 6) is -1.31. The molecule has 0 atom stereocenters. The minimum atomic E-state index is -4.68. The second kappa shape index (κ2) is 10.7. The number of hydrogen-bond donors (Lipinski definition) is 0. The molecule has 9 heteroatoms. The van der Waals surface area contributed by atoms with Gasteiger partial charge in [0.1, 0.15) is 12.4 Å². The number of nitrogens with zero attached hydrogens (tertiary/aromatic N) is 1. The van der Waals surface area contributed by atoms with Gasteiger partial charge < -0.3 is 4.42 Å². The van der Waals surface area contributed by atoms with Crippen molar-refractivity contribution in [3.8, 4) is 11.1 Å². The molecule has 1 heterocycles. The van der Waals surface area contributed by atoms with Crippen LogP contribution in [0.1, 0.15) is 39.3 Å². The van der Waals surface area contributed by atoms with Crippen LogP contribution in [0, 0.1) is 20.8 Å². The monoisotopic (exact) mass is 545 g/mol. The number of alkyl halides is 4. The van der Waals surface area contributed by atoms with Gasteiger partial charge in [-0.05, 0) is 72.4 Å². The van der Waals surface area contributed by atoms with E-state index in [1.807, 2.05) is 13.0 Å². The van der Waals surface area contributed by atoms with E-state index in [1.165, 1.54) is 0 Å². The van der Waals surface area contributed by atoms with Crippen LogP contribution in [0.5, 0.6) is 0 Å². The zero-order valence-corrected chi connectivity index (χ0v) is 22.0. The first kappa shape index (κ1) is 27.6.